The molecule has 1 unspecified atom stereocenters. The van der Waals surface area contributed by atoms with Crippen molar-refractivity contribution in [2.45, 2.75) is 40.7 Å². The van der Waals surface area contributed by atoms with Crippen molar-refractivity contribution < 1.29 is 0 Å². The van der Waals surface area contributed by atoms with E-state index in [1.165, 1.54) is 46.8 Å². The zero-order valence-electron chi connectivity index (χ0n) is 11.5. The summed E-state index contributed by atoms with van der Waals surface area (Å²) in [6.07, 6.45) is 5.15. The maximum Gasteiger partial charge on any atom is 0.0229 e. The minimum Gasteiger partial charge on any atom is -0.125 e. The summed E-state index contributed by atoms with van der Waals surface area (Å²) in [5, 5.41) is 0.741. The van der Waals surface area contributed by atoms with Gasteiger partial charge in [-0.25, -0.2) is 0 Å². The number of hydrogen-bond acceptors (Lipinski definition) is 2. The Morgan fingerprint density at radius 1 is 1.00 bits per heavy atom. The lowest BCUT2D eigenvalue weighted by molar-refractivity contribution is 0.911. The van der Waals surface area contributed by atoms with Gasteiger partial charge in [-0.15, -0.1) is 23.5 Å². The number of fused-ring (bicyclic) bond motifs is 2. The van der Waals surface area contributed by atoms with E-state index in [-0.39, 0.29) is 0 Å². The van der Waals surface area contributed by atoms with Crippen molar-refractivity contribution in [2.75, 3.05) is 5.75 Å². The molecular formula is C18H18S2. The van der Waals surface area contributed by atoms with E-state index in [2.05, 4.69) is 54.2 Å². The van der Waals surface area contributed by atoms with Gasteiger partial charge in [-0.2, -0.15) is 0 Å². The third-order valence-electron chi connectivity index (χ3n) is 4.22. The number of aryl methyl sites for hydroxylation is 2. The van der Waals surface area contributed by atoms with Gasteiger partial charge >= 0.3 is 0 Å². The Hall–Kier alpha value is -0.860. The Bertz CT molecular complexity index is 608. The van der Waals surface area contributed by atoms with Crippen molar-refractivity contribution in [3.8, 4) is 0 Å². The molecule has 0 bridgehead atoms. The Morgan fingerprint density at radius 3 is 2.85 bits per heavy atom. The topological polar surface area (TPSA) is 0 Å². The van der Waals surface area contributed by atoms with Crippen molar-refractivity contribution >= 4 is 23.5 Å². The maximum atomic E-state index is 2.43. The summed E-state index contributed by atoms with van der Waals surface area (Å²) in [5.41, 5.74) is 4.71. The second-order valence-corrected chi connectivity index (χ2v) is 8.08. The maximum absolute atomic E-state index is 2.43. The first-order valence-corrected chi connectivity index (χ1v) is 9.24. The second-order valence-electron chi connectivity index (χ2n) is 5.65. The van der Waals surface area contributed by atoms with Crippen LogP contribution in [0.2, 0.25) is 0 Å². The average molecular weight is 298 g/mol. The molecule has 1 aliphatic carbocycles. The summed E-state index contributed by atoms with van der Waals surface area (Å²) in [6.45, 7) is 0. The van der Waals surface area contributed by atoms with E-state index in [0.717, 1.165) is 5.25 Å². The van der Waals surface area contributed by atoms with Crippen molar-refractivity contribution in [1.29, 1.82) is 0 Å². The van der Waals surface area contributed by atoms with Crippen LogP contribution in [-0.4, -0.2) is 11.0 Å². The SMILES string of the molecule is c1ccc2c(c1)CC(CSc1ccc3c(c1)CCC3)S2. The molecule has 1 atom stereocenters. The summed E-state index contributed by atoms with van der Waals surface area (Å²) in [7, 11) is 0. The van der Waals surface area contributed by atoms with Crippen LogP contribution in [0.4, 0.5) is 0 Å². The molecule has 0 saturated carbocycles. The van der Waals surface area contributed by atoms with E-state index < -0.39 is 0 Å². The molecule has 1 heterocycles. The quantitative estimate of drug-likeness (QED) is 0.733. The highest BCUT2D eigenvalue weighted by Crippen LogP contribution is 2.39. The normalized spacial score (nSPS) is 19.9. The van der Waals surface area contributed by atoms with Gasteiger partial charge in [0.15, 0.2) is 0 Å². The van der Waals surface area contributed by atoms with Crippen LogP contribution in [0.3, 0.4) is 0 Å². The molecule has 0 nitrogen and oxygen atoms in total. The number of rotatable bonds is 3. The van der Waals surface area contributed by atoms with Crippen LogP contribution in [-0.2, 0) is 19.3 Å². The predicted molar refractivity (Wildman–Crippen MR) is 89.0 cm³/mol. The molecule has 0 saturated heterocycles. The monoisotopic (exact) mass is 298 g/mol. The van der Waals surface area contributed by atoms with Gasteiger partial charge in [0.2, 0.25) is 0 Å². The van der Waals surface area contributed by atoms with Crippen LogP contribution >= 0.6 is 23.5 Å². The van der Waals surface area contributed by atoms with Crippen LogP contribution in [0.15, 0.2) is 52.3 Å². The van der Waals surface area contributed by atoms with Gasteiger partial charge in [0, 0.05) is 20.8 Å². The summed E-state index contributed by atoms with van der Waals surface area (Å²) in [6, 6.07) is 16.0. The molecule has 0 amide bonds. The molecule has 0 spiro atoms. The standard InChI is InChI=1S/C18H18S2/c1-2-7-18-15(4-1)11-17(20-18)12-19-16-9-8-13-5-3-6-14(13)10-16/h1-2,4,7-10,17H,3,5-6,11-12H2. The molecule has 20 heavy (non-hydrogen) atoms. The van der Waals surface area contributed by atoms with E-state index in [4.69, 9.17) is 0 Å². The molecule has 0 fully saturated rings. The Balaban J connectivity index is 1.40. The minimum absolute atomic E-state index is 0.741. The van der Waals surface area contributed by atoms with Crippen LogP contribution in [0.1, 0.15) is 23.1 Å². The van der Waals surface area contributed by atoms with Gasteiger partial charge < -0.3 is 0 Å². The first-order chi connectivity index (χ1) is 9.88. The first kappa shape index (κ1) is 12.8. The van der Waals surface area contributed by atoms with Crippen molar-refractivity contribution in [2.24, 2.45) is 0 Å². The van der Waals surface area contributed by atoms with Gasteiger partial charge in [0.25, 0.3) is 0 Å². The lowest BCUT2D eigenvalue weighted by Crippen LogP contribution is -2.03. The number of hydrogen-bond donors (Lipinski definition) is 0. The molecular weight excluding hydrogens is 280 g/mol. The van der Waals surface area contributed by atoms with E-state index in [9.17, 15) is 0 Å². The minimum atomic E-state index is 0.741. The van der Waals surface area contributed by atoms with Crippen molar-refractivity contribution in [3.05, 3.63) is 59.2 Å². The fourth-order valence-corrected chi connectivity index (χ4v) is 5.62. The Labute approximate surface area is 129 Å². The lowest BCUT2D eigenvalue weighted by Gasteiger charge is -2.09. The van der Waals surface area contributed by atoms with Crippen molar-refractivity contribution in [1.82, 2.24) is 0 Å². The smallest absolute Gasteiger partial charge is 0.0229 e. The second kappa shape index (κ2) is 5.50. The molecule has 0 aromatic heterocycles. The van der Waals surface area contributed by atoms with Crippen LogP contribution in [0.5, 0.6) is 0 Å². The molecule has 0 N–H and O–H groups in total. The summed E-state index contributed by atoms with van der Waals surface area (Å²) < 4.78 is 0. The van der Waals surface area contributed by atoms with Gasteiger partial charge in [-0.1, -0.05) is 24.3 Å². The molecule has 2 aliphatic rings. The average Bonchev–Trinajstić information content (AvgIpc) is 3.10. The van der Waals surface area contributed by atoms with E-state index in [1.807, 2.05) is 11.8 Å². The molecule has 102 valence electrons. The summed E-state index contributed by atoms with van der Waals surface area (Å²) in [5.74, 6) is 1.22. The highest BCUT2D eigenvalue weighted by molar-refractivity contribution is 8.03. The van der Waals surface area contributed by atoms with Gasteiger partial charge in [0.05, 0.1) is 0 Å². The van der Waals surface area contributed by atoms with Gasteiger partial charge in [-0.3, -0.25) is 0 Å². The first-order valence-electron chi connectivity index (χ1n) is 7.38. The van der Waals surface area contributed by atoms with Crippen LogP contribution in [0.25, 0.3) is 0 Å². The van der Waals surface area contributed by atoms with E-state index in [0.29, 0.717) is 0 Å². The molecule has 4 rings (SSSR count). The predicted octanol–water partition coefficient (Wildman–Crippen LogP) is 4.98. The van der Waals surface area contributed by atoms with Gasteiger partial charge in [-0.05, 0) is 60.6 Å². The molecule has 0 radical (unpaired) electrons. The number of thioether (sulfide) groups is 2. The largest absolute Gasteiger partial charge is 0.125 e. The third-order valence-corrected chi connectivity index (χ3v) is 6.91. The van der Waals surface area contributed by atoms with Crippen molar-refractivity contribution in [3.63, 3.8) is 0 Å². The fourth-order valence-electron chi connectivity index (χ4n) is 3.17. The van der Waals surface area contributed by atoms with Gasteiger partial charge in [0.1, 0.15) is 0 Å². The Morgan fingerprint density at radius 2 is 1.90 bits per heavy atom. The zero-order chi connectivity index (χ0) is 13.4. The summed E-state index contributed by atoms with van der Waals surface area (Å²) in [4.78, 5) is 2.95. The lowest BCUT2D eigenvalue weighted by atomic mass is 10.1. The van der Waals surface area contributed by atoms with Crippen LogP contribution < -0.4 is 0 Å². The molecule has 2 heteroatoms. The zero-order valence-corrected chi connectivity index (χ0v) is 13.1. The molecule has 2 aromatic rings. The van der Waals surface area contributed by atoms with E-state index >= 15 is 0 Å². The third kappa shape index (κ3) is 2.51. The summed E-state index contributed by atoms with van der Waals surface area (Å²) >= 11 is 4.09. The van der Waals surface area contributed by atoms with E-state index in [1.54, 1.807) is 11.1 Å². The molecule has 1 aliphatic heterocycles. The number of benzene rings is 2. The Kier molecular flexibility index (Phi) is 3.53. The fraction of sp³-hybridized carbons (Fsp3) is 0.333. The highest BCUT2D eigenvalue weighted by Gasteiger charge is 2.21. The van der Waals surface area contributed by atoms with Crippen LogP contribution in [0, 0.1) is 0 Å². The molecule has 2 aromatic carbocycles. The highest BCUT2D eigenvalue weighted by atomic mass is 32.2.